The van der Waals surface area contributed by atoms with E-state index in [0.717, 1.165) is 4.88 Å². The summed E-state index contributed by atoms with van der Waals surface area (Å²) in [7, 11) is 0. The van der Waals surface area contributed by atoms with Crippen LogP contribution in [0.25, 0.3) is 0 Å². The standard InChI is InChI=1S/C16H19N3O3S2/c1-11-2-3-13(24-11)10-18(5-6-20)15(22)12-8-14(21)19(9-12)16-17-4-7-23-16/h2-4,7,12,20H,5-6,8-10H2,1H3. The zero-order valence-electron chi connectivity index (χ0n) is 13.3. The van der Waals surface area contributed by atoms with Gasteiger partial charge in [0.2, 0.25) is 11.8 Å². The van der Waals surface area contributed by atoms with Gasteiger partial charge < -0.3 is 10.0 Å². The van der Waals surface area contributed by atoms with E-state index in [1.165, 1.54) is 16.2 Å². The van der Waals surface area contributed by atoms with Crippen molar-refractivity contribution in [2.75, 3.05) is 24.6 Å². The number of rotatable bonds is 6. The molecule has 1 N–H and O–H groups in total. The van der Waals surface area contributed by atoms with E-state index in [-0.39, 0.29) is 37.3 Å². The molecular weight excluding hydrogens is 346 g/mol. The second-order valence-electron chi connectivity index (χ2n) is 5.72. The fraction of sp³-hybridized carbons (Fsp3) is 0.438. The largest absolute Gasteiger partial charge is 0.395 e. The van der Waals surface area contributed by atoms with Crippen molar-refractivity contribution in [3.8, 4) is 0 Å². The van der Waals surface area contributed by atoms with Crippen LogP contribution in [0, 0.1) is 12.8 Å². The number of anilines is 1. The predicted molar refractivity (Wildman–Crippen MR) is 94.1 cm³/mol. The highest BCUT2D eigenvalue weighted by molar-refractivity contribution is 7.13. The molecule has 8 heteroatoms. The third kappa shape index (κ3) is 3.66. The van der Waals surface area contributed by atoms with Crippen molar-refractivity contribution in [1.82, 2.24) is 9.88 Å². The van der Waals surface area contributed by atoms with E-state index < -0.39 is 0 Å². The maximum Gasteiger partial charge on any atom is 0.229 e. The predicted octanol–water partition coefficient (Wildman–Crippen LogP) is 1.89. The first kappa shape index (κ1) is 17.1. The lowest BCUT2D eigenvalue weighted by Gasteiger charge is -2.24. The number of aliphatic hydroxyl groups is 1. The zero-order chi connectivity index (χ0) is 17.1. The summed E-state index contributed by atoms with van der Waals surface area (Å²) >= 11 is 3.03. The molecule has 3 rings (SSSR count). The number of nitrogens with zero attached hydrogens (tertiary/aromatic N) is 3. The van der Waals surface area contributed by atoms with Crippen LogP contribution >= 0.6 is 22.7 Å². The summed E-state index contributed by atoms with van der Waals surface area (Å²) in [6.07, 6.45) is 1.85. The monoisotopic (exact) mass is 365 g/mol. The molecule has 0 bridgehead atoms. The van der Waals surface area contributed by atoms with E-state index in [2.05, 4.69) is 4.98 Å². The molecule has 2 amide bonds. The average Bonchev–Trinajstić information content (AvgIpc) is 3.27. The summed E-state index contributed by atoms with van der Waals surface area (Å²) < 4.78 is 0. The molecule has 1 aliphatic heterocycles. The molecule has 128 valence electrons. The van der Waals surface area contributed by atoms with Gasteiger partial charge in [0.1, 0.15) is 0 Å². The Morgan fingerprint density at radius 1 is 1.50 bits per heavy atom. The van der Waals surface area contributed by atoms with Gasteiger partial charge in [-0.3, -0.25) is 14.5 Å². The number of thiophene rings is 1. The first-order valence-electron chi connectivity index (χ1n) is 7.73. The zero-order valence-corrected chi connectivity index (χ0v) is 15.0. The Labute approximate surface area is 148 Å². The summed E-state index contributed by atoms with van der Waals surface area (Å²) in [6.45, 7) is 3.04. The minimum Gasteiger partial charge on any atom is -0.395 e. The Morgan fingerprint density at radius 2 is 2.33 bits per heavy atom. The van der Waals surface area contributed by atoms with Crippen molar-refractivity contribution in [3.63, 3.8) is 0 Å². The molecule has 0 radical (unpaired) electrons. The van der Waals surface area contributed by atoms with Crippen molar-refractivity contribution in [2.24, 2.45) is 5.92 Å². The number of amides is 2. The third-order valence-electron chi connectivity index (χ3n) is 3.95. The number of carbonyl (C=O) groups is 2. The van der Waals surface area contributed by atoms with Gasteiger partial charge in [0.05, 0.1) is 19.1 Å². The van der Waals surface area contributed by atoms with Gasteiger partial charge in [-0.25, -0.2) is 4.98 Å². The number of aliphatic hydroxyl groups excluding tert-OH is 1. The van der Waals surface area contributed by atoms with Gasteiger partial charge in [0.15, 0.2) is 5.13 Å². The van der Waals surface area contributed by atoms with Crippen LogP contribution in [-0.2, 0) is 16.1 Å². The van der Waals surface area contributed by atoms with E-state index >= 15 is 0 Å². The van der Waals surface area contributed by atoms with Gasteiger partial charge in [-0.05, 0) is 19.1 Å². The van der Waals surface area contributed by atoms with E-state index in [0.29, 0.717) is 18.2 Å². The molecule has 1 saturated heterocycles. The normalized spacial score (nSPS) is 17.5. The van der Waals surface area contributed by atoms with Crippen LogP contribution in [0.1, 0.15) is 16.2 Å². The number of carbonyl (C=O) groups excluding carboxylic acids is 2. The molecule has 1 aliphatic rings. The topological polar surface area (TPSA) is 73.7 Å². The van der Waals surface area contributed by atoms with Gasteiger partial charge in [0, 0.05) is 40.8 Å². The van der Waals surface area contributed by atoms with Crippen LogP contribution in [-0.4, -0.2) is 46.5 Å². The van der Waals surface area contributed by atoms with Gasteiger partial charge in [-0.1, -0.05) is 0 Å². The van der Waals surface area contributed by atoms with E-state index in [4.69, 9.17) is 0 Å². The minimum atomic E-state index is -0.381. The van der Waals surface area contributed by atoms with Crippen LogP contribution in [0.15, 0.2) is 23.7 Å². The molecule has 0 aromatic carbocycles. The van der Waals surface area contributed by atoms with Crippen LogP contribution in [0.2, 0.25) is 0 Å². The highest BCUT2D eigenvalue weighted by atomic mass is 32.1. The molecule has 1 unspecified atom stereocenters. The number of hydrogen-bond donors (Lipinski definition) is 1. The van der Waals surface area contributed by atoms with Crippen LogP contribution in [0.3, 0.4) is 0 Å². The Hall–Kier alpha value is -1.77. The van der Waals surface area contributed by atoms with Crippen LogP contribution in [0.5, 0.6) is 0 Å². The SMILES string of the molecule is Cc1ccc(CN(CCO)C(=O)C2CC(=O)N(c3nccs3)C2)s1. The first-order valence-corrected chi connectivity index (χ1v) is 9.43. The molecule has 3 heterocycles. The Morgan fingerprint density at radius 3 is 2.96 bits per heavy atom. The summed E-state index contributed by atoms with van der Waals surface area (Å²) in [5.41, 5.74) is 0. The lowest BCUT2D eigenvalue weighted by molar-refractivity contribution is -0.136. The Bertz CT molecular complexity index is 714. The third-order valence-corrected chi connectivity index (χ3v) is 5.73. The van der Waals surface area contributed by atoms with Crippen molar-refractivity contribution < 1.29 is 14.7 Å². The molecule has 2 aromatic rings. The van der Waals surface area contributed by atoms with Gasteiger partial charge >= 0.3 is 0 Å². The van der Waals surface area contributed by atoms with Gasteiger partial charge in [0.25, 0.3) is 0 Å². The first-order chi connectivity index (χ1) is 11.6. The molecule has 1 atom stereocenters. The molecule has 6 nitrogen and oxygen atoms in total. The van der Waals surface area contributed by atoms with E-state index in [1.54, 1.807) is 27.3 Å². The second kappa shape index (κ2) is 7.42. The highest BCUT2D eigenvalue weighted by Crippen LogP contribution is 2.28. The molecule has 24 heavy (non-hydrogen) atoms. The van der Waals surface area contributed by atoms with E-state index in [1.807, 2.05) is 24.4 Å². The summed E-state index contributed by atoms with van der Waals surface area (Å²) in [6, 6.07) is 4.02. The number of aryl methyl sites for hydroxylation is 1. The molecule has 0 spiro atoms. The highest BCUT2D eigenvalue weighted by Gasteiger charge is 2.38. The molecule has 0 saturated carbocycles. The van der Waals surface area contributed by atoms with Gasteiger partial charge in [-0.2, -0.15) is 0 Å². The Balaban J connectivity index is 1.70. The van der Waals surface area contributed by atoms with Crippen molar-refractivity contribution in [1.29, 1.82) is 0 Å². The molecule has 0 aliphatic carbocycles. The second-order valence-corrected chi connectivity index (χ2v) is 7.96. The van der Waals surface area contributed by atoms with Crippen LogP contribution in [0.4, 0.5) is 5.13 Å². The Kier molecular flexibility index (Phi) is 5.27. The van der Waals surface area contributed by atoms with Crippen molar-refractivity contribution in [3.05, 3.63) is 33.5 Å². The molecule has 1 fully saturated rings. The van der Waals surface area contributed by atoms with Gasteiger partial charge in [-0.15, -0.1) is 22.7 Å². The summed E-state index contributed by atoms with van der Waals surface area (Å²) in [4.78, 5) is 34.7. The van der Waals surface area contributed by atoms with E-state index in [9.17, 15) is 14.7 Å². The summed E-state index contributed by atoms with van der Waals surface area (Å²) in [5, 5.41) is 11.7. The fourth-order valence-corrected chi connectivity index (χ4v) is 4.39. The number of hydrogen-bond acceptors (Lipinski definition) is 6. The summed E-state index contributed by atoms with van der Waals surface area (Å²) in [5.74, 6) is -0.532. The van der Waals surface area contributed by atoms with Crippen LogP contribution < -0.4 is 4.90 Å². The molecule has 2 aromatic heterocycles. The lowest BCUT2D eigenvalue weighted by Crippen LogP contribution is -2.38. The maximum absolute atomic E-state index is 12.8. The van der Waals surface area contributed by atoms with Crippen molar-refractivity contribution in [2.45, 2.75) is 19.9 Å². The smallest absolute Gasteiger partial charge is 0.229 e. The minimum absolute atomic E-state index is 0.0702. The number of thiazole rings is 1. The van der Waals surface area contributed by atoms with Crippen molar-refractivity contribution >= 4 is 39.6 Å². The maximum atomic E-state index is 12.8. The fourth-order valence-electron chi connectivity index (χ4n) is 2.81. The number of aromatic nitrogens is 1. The average molecular weight is 365 g/mol. The molecular formula is C16H19N3O3S2. The lowest BCUT2D eigenvalue weighted by atomic mass is 10.1. The quantitative estimate of drug-likeness (QED) is 0.848.